The maximum absolute atomic E-state index is 12.8. The zero-order chi connectivity index (χ0) is 20.5. The van der Waals surface area contributed by atoms with Crippen LogP contribution < -0.4 is 10.6 Å². The molecule has 0 aliphatic heterocycles. The molecule has 0 aromatic heterocycles. The number of fused-ring (bicyclic) bond motifs is 5. The average Bonchev–Trinajstić information content (AvgIpc) is 3.49. The summed E-state index contributed by atoms with van der Waals surface area (Å²) in [5.41, 5.74) is 4.02. The predicted octanol–water partition coefficient (Wildman–Crippen LogP) is 3.76. The monoisotopic (exact) mass is 398 g/mol. The van der Waals surface area contributed by atoms with Crippen LogP contribution in [0, 0.1) is 23.7 Å². The highest BCUT2D eigenvalue weighted by atomic mass is 16.2. The van der Waals surface area contributed by atoms with Crippen molar-refractivity contribution >= 4 is 11.8 Å². The lowest BCUT2D eigenvalue weighted by Gasteiger charge is -2.24. The van der Waals surface area contributed by atoms with Crippen molar-refractivity contribution in [3.63, 3.8) is 0 Å². The van der Waals surface area contributed by atoms with Crippen molar-refractivity contribution in [2.24, 2.45) is 23.7 Å². The fourth-order valence-corrected chi connectivity index (χ4v) is 5.37. The van der Waals surface area contributed by atoms with E-state index in [0.29, 0.717) is 30.8 Å². The second kappa shape index (κ2) is 7.94. The summed E-state index contributed by atoms with van der Waals surface area (Å²) in [6.07, 6.45) is 6.15. The van der Waals surface area contributed by atoms with E-state index < -0.39 is 0 Å². The first-order valence-electron chi connectivity index (χ1n) is 10.8. The number of carbonyl (C=O) groups is 2. The molecule has 30 heavy (non-hydrogen) atoms. The Morgan fingerprint density at radius 1 is 0.800 bits per heavy atom. The van der Waals surface area contributed by atoms with Crippen LogP contribution in [0.1, 0.15) is 24.0 Å². The van der Waals surface area contributed by atoms with Gasteiger partial charge < -0.3 is 10.6 Å². The number of hydrogen-bond acceptors (Lipinski definition) is 2. The molecule has 0 spiro atoms. The summed E-state index contributed by atoms with van der Waals surface area (Å²) in [5, 5.41) is 6.12. The van der Waals surface area contributed by atoms with Gasteiger partial charge >= 0.3 is 0 Å². The molecular weight excluding hydrogens is 372 g/mol. The second-order valence-corrected chi connectivity index (χ2v) is 8.60. The van der Waals surface area contributed by atoms with Gasteiger partial charge in [0.1, 0.15) is 0 Å². The Kier molecular flexibility index (Phi) is 4.99. The molecule has 2 bridgehead atoms. The van der Waals surface area contributed by atoms with Gasteiger partial charge in [-0.25, -0.2) is 0 Å². The maximum Gasteiger partial charge on any atom is 0.247 e. The van der Waals surface area contributed by atoms with Gasteiger partial charge in [0.25, 0.3) is 0 Å². The van der Waals surface area contributed by atoms with Crippen molar-refractivity contribution in [1.29, 1.82) is 0 Å². The van der Waals surface area contributed by atoms with Crippen LogP contribution in [0.2, 0.25) is 0 Å². The highest BCUT2D eigenvalue weighted by Crippen LogP contribution is 2.57. The Balaban J connectivity index is 1.18. The number of amides is 2. The quantitative estimate of drug-likeness (QED) is 0.778. The molecule has 3 aliphatic carbocycles. The molecule has 2 aromatic rings. The molecule has 0 heterocycles. The summed E-state index contributed by atoms with van der Waals surface area (Å²) in [4.78, 5) is 25.5. The number of hydrogen-bond donors (Lipinski definition) is 2. The highest BCUT2D eigenvalue weighted by Gasteiger charge is 2.51. The number of allylic oxidation sites excluding steroid dienone is 2. The lowest BCUT2D eigenvalue weighted by molar-refractivity contribution is -0.118. The lowest BCUT2D eigenvalue weighted by Crippen LogP contribution is -2.30. The van der Waals surface area contributed by atoms with Crippen LogP contribution in [0.3, 0.4) is 0 Å². The summed E-state index contributed by atoms with van der Waals surface area (Å²) >= 11 is 0. The van der Waals surface area contributed by atoms with Gasteiger partial charge in [0.15, 0.2) is 0 Å². The Bertz CT molecular complexity index is 1010. The molecule has 1 saturated carbocycles. The van der Waals surface area contributed by atoms with Crippen molar-refractivity contribution < 1.29 is 9.59 Å². The molecule has 5 rings (SSSR count). The molecule has 4 atom stereocenters. The molecular formula is C26H26N2O2. The Morgan fingerprint density at radius 3 is 2.03 bits per heavy atom. The zero-order valence-electron chi connectivity index (χ0n) is 16.9. The topological polar surface area (TPSA) is 58.2 Å². The number of rotatable bonds is 6. The fraction of sp³-hybridized carbons (Fsp3) is 0.308. The molecule has 4 nitrogen and oxygen atoms in total. The SMILES string of the molecule is O=C(NCc1ccccc1)C1=C[C@@H]2[C@H](C1)[C@H]1C[C@@H]2C=C1C(=O)NCc1ccccc1. The van der Waals surface area contributed by atoms with Gasteiger partial charge in [-0.1, -0.05) is 72.8 Å². The van der Waals surface area contributed by atoms with Crippen molar-refractivity contribution in [2.45, 2.75) is 25.9 Å². The molecule has 2 aromatic carbocycles. The van der Waals surface area contributed by atoms with Crippen molar-refractivity contribution in [3.05, 3.63) is 95.1 Å². The minimum absolute atomic E-state index is 0.0303. The van der Waals surface area contributed by atoms with Crippen LogP contribution in [0.25, 0.3) is 0 Å². The summed E-state index contributed by atoms with van der Waals surface area (Å²) in [5.74, 6) is 1.52. The van der Waals surface area contributed by atoms with Gasteiger partial charge in [0.05, 0.1) is 0 Å². The summed E-state index contributed by atoms with van der Waals surface area (Å²) in [7, 11) is 0. The van der Waals surface area contributed by atoms with E-state index in [4.69, 9.17) is 0 Å². The molecule has 1 fully saturated rings. The minimum atomic E-state index is 0.0303. The highest BCUT2D eigenvalue weighted by molar-refractivity contribution is 5.96. The maximum atomic E-state index is 12.8. The Morgan fingerprint density at radius 2 is 1.40 bits per heavy atom. The van der Waals surface area contributed by atoms with Crippen LogP contribution in [0.4, 0.5) is 0 Å². The standard InChI is InChI=1S/C26H26N2O2/c29-25(27-15-17-7-3-1-4-8-17)20-13-21-19-11-23(22(21)14-20)24(12-19)26(30)28-16-18-9-5-2-6-10-18/h1-10,12-13,19,21-23H,11,14-16H2,(H,27,29)(H,28,30)/t19-,21+,22+,23-/m1/s1. The van der Waals surface area contributed by atoms with E-state index >= 15 is 0 Å². The van der Waals surface area contributed by atoms with E-state index in [-0.39, 0.29) is 17.7 Å². The van der Waals surface area contributed by atoms with E-state index in [1.165, 1.54) is 0 Å². The first-order chi connectivity index (χ1) is 14.7. The van der Waals surface area contributed by atoms with Gasteiger partial charge in [-0.3, -0.25) is 9.59 Å². The normalized spacial score (nSPS) is 26.0. The smallest absolute Gasteiger partial charge is 0.247 e. The van der Waals surface area contributed by atoms with Gasteiger partial charge in [-0.15, -0.1) is 0 Å². The minimum Gasteiger partial charge on any atom is -0.348 e. The van der Waals surface area contributed by atoms with Crippen LogP contribution >= 0.6 is 0 Å². The molecule has 0 radical (unpaired) electrons. The van der Waals surface area contributed by atoms with Gasteiger partial charge in [-0.05, 0) is 47.6 Å². The molecule has 152 valence electrons. The summed E-state index contributed by atoms with van der Waals surface area (Å²) < 4.78 is 0. The second-order valence-electron chi connectivity index (χ2n) is 8.60. The van der Waals surface area contributed by atoms with Gasteiger partial charge in [0, 0.05) is 24.2 Å². The van der Waals surface area contributed by atoms with Crippen molar-refractivity contribution in [1.82, 2.24) is 10.6 Å². The molecule has 0 saturated heterocycles. The number of carbonyl (C=O) groups excluding carboxylic acids is 2. The van der Waals surface area contributed by atoms with Crippen LogP contribution in [0.15, 0.2) is 84.0 Å². The van der Waals surface area contributed by atoms with E-state index in [2.05, 4.69) is 22.8 Å². The number of benzene rings is 2. The lowest BCUT2D eigenvalue weighted by atomic mass is 9.81. The fourth-order valence-electron chi connectivity index (χ4n) is 5.37. The Hall–Kier alpha value is -3.14. The molecule has 3 aliphatic rings. The zero-order valence-corrected chi connectivity index (χ0v) is 16.9. The predicted molar refractivity (Wildman–Crippen MR) is 116 cm³/mol. The molecule has 2 N–H and O–H groups in total. The summed E-state index contributed by atoms with van der Waals surface area (Å²) in [6.45, 7) is 1.10. The third kappa shape index (κ3) is 3.58. The van der Waals surface area contributed by atoms with Gasteiger partial charge in [-0.2, -0.15) is 0 Å². The molecule has 2 amide bonds. The van der Waals surface area contributed by atoms with Crippen LogP contribution in [0.5, 0.6) is 0 Å². The van der Waals surface area contributed by atoms with E-state index in [1.807, 2.05) is 60.7 Å². The first-order valence-corrected chi connectivity index (χ1v) is 10.8. The van der Waals surface area contributed by atoms with E-state index in [0.717, 1.165) is 35.1 Å². The average molecular weight is 399 g/mol. The van der Waals surface area contributed by atoms with Crippen LogP contribution in [-0.4, -0.2) is 11.8 Å². The van der Waals surface area contributed by atoms with E-state index in [1.54, 1.807) is 0 Å². The van der Waals surface area contributed by atoms with Gasteiger partial charge in [0.2, 0.25) is 11.8 Å². The third-order valence-electron chi connectivity index (χ3n) is 6.82. The molecule has 4 heteroatoms. The Labute approximate surface area is 177 Å². The third-order valence-corrected chi connectivity index (χ3v) is 6.82. The van der Waals surface area contributed by atoms with Crippen molar-refractivity contribution in [3.8, 4) is 0 Å². The van der Waals surface area contributed by atoms with Crippen LogP contribution in [-0.2, 0) is 22.7 Å². The number of nitrogens with one attached hydrogen (secondary N) is 2. The van der Waals surface area contributed by atoms with E-state index in [9.17, 15) is 9.59 Å². The first kappa shape index (κ1) is 18.9. The largest absolute Gasteiger partial charge is 0.348 e. The van der Waals surface area contributed by atoms with Crippen molar-refractivity contribution in [2.75, 3.05) is 0 Å². The summed E-state index contributed by atoms with van der Waals surface area (Å²) in [6, 6.07) is 20.0. The molecule has 0 unspecified atom stereocenters.